The van der Waals surface area contributed by atoms with Crippen molar-refractivity contribution in [2.75, 3.05) is 7.11 Å². The number of nitrogens with zero attached hydrogens (tertiary/aromatic N) is 1. The zero-order chi connectivity index (χ0) is 16.8. The monoisotopic (exact) mass is 334 g/mol. The molecular formula is C16H15ClN2O4. The Kier molecular flexibility index (Phi) is 5.54. The molecule has 0 saturated heterocycles. The van der Waals surface area contributed by atoms with E-state index in [0.29, 0.717) is 5.02 Å². The number of methoxy groups -OCH3 is 1. The van der Waals surface area contributed by atoms with Crippen LogP contribution in [0.3, 0.4) is 0 Å². The molecule has 0 aliphatic rings. The van der Waals surface area contributed by atoms with Crippen LogP contribution in [0.5, 0.6) is 0 Å². The molecule has 0 radical (unpaired) electrons. The second-order valence-corrected chi connectivity index (χ2v) is 5.15. The lowest BCUT2D eigenvalue weighted by atomic mass is 10.2. The number of carbonyl (C=O) groups excluding carboxylic acids is 2. The van der Waals surface area contributed by atoms with Crippen molar-refractivity contribution in [3.63, 3.8) is 0 Å². The molecule has 0 unspecified atom stereocenters. The molecule has 0 spiro atoms. The van der Waals surface area contributed by atoms with E-state index in [2.05, 4.69) is 10.1 Å². The van der Waals surface area contributed by atoms with Gasteiger partial charge >= 0.3 is 5.97 Å². The van der Waals surface area contributed by atoms with E-state index in [1.807, 2.05) is 6.07 Å². The third-order valence-corrected chi connectivity index (χ3v) is 3.52. The van der Waals surface area contributed by atoms with Crippen LogP contribution in [-0.4, -0.2) is 23.6 Å². The van der Waals surface area contributed by atoms with Crippen molar-refractivity contribution in [1.29, 1.82) is 0 Å². The third-order valence-electron chi connectivity index (χ3n) is 3.15. The number of aromatic nitrogens is 1. The van der Waals surface area contributed by atoms with Gasteiger partial charge in [-0.2, -0.15) is 0 Å². The highest BCUT2D eigenvalue weighted by Gasteiger charge is 2.10. The average Bonchev–Trinajstić information content (AvgIpc) is 2.55. The molecule has 0 atom stereocenters. The van der Waals surface area contributed by atoms with Gasteiger partial charge in [0.1, 0.15) is 6.54 Å². The second-order valence-electron chi connectivity index (χ2n) is 4.74. The minimum absolute atomic E-state index is 0.200. The van der Waals surface area contributed by atoms with Crippen LogP contribution in [0.1, 0.15) is 15.9 Å². The van der Waals surface area contributed by atoms with E-state index in [4.69, 9.17) is 11.6 Å². The summed E-state index contributed by atoms with van der Waals surface area (Å²) in [4.78, 5) is 35.2. The Morgan fingerprint density at radius 2 is 1.96 bits per heavy atom. The molecule has 7 heteroatoms. The van der Waals surface area contributed by atoms with Crippen LogP contribution in [0.4, 0.5) is 0 Å². The number of hydrogen-bond donors (Lipinski definition) is 1. The molecule has 0 fully saturated rings. The minimum atomic E-state index is -0.574. The highest BCUT2D eigenvalue weighted by atomic mass is 35.5. The summed E-state index contributed by atoms with van der Waals surface area (Å²) < 4.78 is 5.73. The van der Waals surface area contributed by atoms with Crippen molar-refractivity contribution in [3.8, 4) is 0 Å². The molecule has 1 N–H and O–H groups in total. The lowest BCUT2D eigenvalue weighted by molar-refractivity contribution is -0.121. The van der Waals surface area contributed by atoms with Gasteiger partial charge in [-0.25, -0.2) is 4.79 Å². The highest BCUT2D eigenvalue weighted by Crippen LogP contribution is 2.14. The molecule has 0 aliphatic heterocycles. The quantitative estimate of drug-likeness (QED) is 0.843. The molecule has 1 amide bonds. The highest BCUT2D eigenvalue weighted by molar-refractivity contribution is 6.31. The number of halogens is 1. The first kappa shape index (κ1) is 16.8. The van der Waals surface area contributed by atoms with Crippen LogP contribution < -0.4 is 10.9 Å². The molecule has 2 aromatic rings. The summed E-state index contributed by atoms with van der Waals surface area (Å²) in [6.07, 6.45) is 1.29. The fourth-order valence-electron chi connectivity index (χ4n) is 1.94. The van der Waals surface area contributed by atoms with Gasteiger partial charge in [-0.3, -0.25) is 9.59 Å². The number of ether oxygens (including phenoxy) is 1. The molecule has 23 heavy (non-hydrogen) atoms. The first-order valence-electron chi connectivity index (χ1n) is 6.80. The fraction of sp³-hybridized carbons (Fsp3) is 0.188. The summed E-state index contributed by atoms with van der Waals surface area (Å²) in [7, 11) is 1.24. The summed E-state index contributed by atoms with van der Waals surface area (Å²) in [5.41, 5.74) is 0.592. The van der Waals surface area contributed by atoms with Crippen LogP contribution in [-0.2, 0) is 22.6 Å². The second kappa shape index (κ2) is 7.60. The van der Waals surface area contributed by atoms with Crippen LogP contribution in [0.25, 0.3) is 0 Å². The third kappa shape index (κ3) is 4.43. The molecule has 0 saturated carbocycles. The van der Waals surface area contributed by atoms with Gasteiger partial charge in [-0.15, -0.1) is 0 Å². The van der Waals surface area contributed by atoms with E-state index in [-0.39, 0.29) is 30.1 Å². The maximum Gasteiger partial charge on any atom is 0.339 e. The van der Waals surface area contributed by atoms with Gasteiger partial charge in [-0.05, 0) is 17.7 Å². The van der Waals surface area contributed by atoms with Crippen molar-refractivity contribution >= 4 is 23.5 Å². The van der Waals surface area contributed by atoms with Crippen molar-refractivity contribution in [1.82, 2.24) is 9.88 Å². The summed E-state index contributed by atoms with van der Waals surface area (Å²) >= 11 is 6.01. The number of hydrogen-bond acceptors (Lipinski definition) is 4. The number of rotatable bonds is 5. The standard InChI is InChI=1S/C16H15ClN2O4/c1-23-16(22)12-6-7-15(21)19(9-12)10-14(20)18-8-11-4-2-3-5-13(11)17/h2-7,9H,8,10H2,1H3,(H,18,20). The fourth-order valence-corrected chi connectivity index (χ4v) is 2.14. The molecule has 6 nitrogen and oxygen atoms in total. The van der Waals surface area contributed by atoms with Gasteiger partial charge in [-0.1, -0.05) is 29.8 Å². The van der Waals surface area contributed by atoms with Gasteiger partial charge in [0, 0.05) is 23.8 Å². The van der Waals surface area contributed by atoms with Crippen molar-refractivity contribution in [2.24, 2.45) is 0 Å². The van der Waals surface area contributed by atoms with Gasteiger partial charge < -0.3 is 14.6 Å². The van der Waals surface area contributed by atoms with E-state index < -0.39 is 5.97 Å². The SMILES string of the molecule is COC(=O)c1ccc(=O)n(CC(=O)NCc2ccccc2Cl)c1. The Labute approximate surface area is 137 Å². The molecule has 120 valence electrons. The summed E-state index contributed by atoms with van der Waals surface area (Å²) in [6, 6.07) is 9.71. The van der Waals surface area contributed by atoms with E-state index in [0.717, 1.165) is 10.1 Å². The number of esters is 1. The van der Waals surface area contributed by atoms with Crippen LogP contribution in [0, 0.1) is 0 Å². The lowest BCUT2D eigenvalue weighted by Crippen LogP contribution is -2.32. The smallest absolute Gasteiger partial charge is 0.339 e. The lowest BCUT2D eigenvalue weighted by Gasteiger charge is -2.09. The topological polar surface area (TPSA) is 77.4 Å². The van der Waals surface area contributed by atoms with E-state index in [1.165, 1.54) is 25.4 Å². The molecular weight excluding hydrogens is 320 g/mol. The summed E-state index contributed by atoms with van der Waals surface area (Å²) in [5.74, 6) is -0.940. The molecule has 0 aliphatic carbocycles. The number of nitrogens with one attached hydrogen (secondary N) is 1. The zero-order valence-electron chi connectivity index (χ0n) is 12.4. The van der Waals surface area contributed by atoms with E-state index in [1.54, 1.807) is 18.2 Å². The average molecular weight is 335 g/mol. The maximum absolute atomic E-state index is 12.0. The van der Waals surface area contributed by atoms with Gasteiger partial charge in [0.2, 0.25) is 5.91 Å². The summed E-state index contributed by atoms with van der Waals surface area (Å²) in [6.45, 7) is 0.0536. The Morgan fingerprint density at radius 3 is 2.65 bits per heavy atom. The first-order chi connectivity index (χ1) is 11.0. The Morgan fingerprint density at radius 1 is 1.22 bits per heavy atom. The van der Waals surface area contributed by atoms with E-state index >= 15 is 0 Å². The van der Waals surface area contributed by atoms with Crippen molar-refractivity contribution in [2.45, 2.75) is 13.1 Å². The number of pyridine rings is 1. The summed E-state index contributed by atoms with van der Waals surface area (Å²) in [5, 5.41) is 3.23. The van der Waals surface area contributed by atoms with Gasteiger partial charge in [0.15, 0.2) is 0 Å². The molecule has 1 heterocycles. The Balaban J connectivity index is 2.04. The zero-order valence-corrected chi connectivity index (χ0v) is 13.2. The maximum atomic E-state index is 12.0. The number of carbonyl (C=O) groups is 2. The largest absolute Gasteiger partial charge is 0.465 e. The predicted octanol–water partition coefficient (Wildman–Crippen LogP) is 1.60. The van der Waals surface area contributed by atoms with Gasteiger partial charge in [0.25, 0.3) is 5.56 Å². The first-order valence-corrected chi connectivity index (χ1v) is 7.18. The Bertz CT molecular complexity index is 786. The minimum Gasteiger partial charge on any atom is -0.465 e. The Hall–Kier alpha value is -2.60. The normalized spacial score (nSPS) is 10.2. The van der Waals surface area contributed by atoms with Crippen LogP contribution in [0.15, 0.2) is 47.4 Å². The molecule has 1 aromatic carbocycles. The van der Waals surface area contributed by atoms with Crippen molar-refractivity contribution in [3.05, 3.63) is 69.1 Å². The molecule has 2 rings (SSSR count). The predicted molar refractivity (Wildman–Crippen MR) is 85.3 cm³/mol. The van der Waals surface area contributed by atoms with Crippen molar-refractivity contribution < 1.29 is 14.3 Å². The van der Waals surface area contributed by atoms with Gasteiger partial charge in [0.05, 0.1) is 12.7 Å². The number of benzene rings is 1. The number of amides is 1. The van der Waals surface area contributed by atoms with Crippen LogP contribution in [0.2, 0.25) is 5.02 Å². The van der Waals surface area contributed by atoms with E-state index in [9.17, 15) is 14.4 Å². The molecule has 0 bridgehead atoms. The van der Waals surface area contributed by atoms with Crippen LogP contribution >= 0.6 is 11.6 Å². The molecule has 1 aromatic heterocycles.